The maximum absolute atomic E-state index is 12.6. The Balaban J connectivity index is 1.62. The highest BCUT2D eigenvalue weighted by Crippen LogP contribution is 2.20. The summed E-state index contributed by atoms with van der Waals surface area (Å²) in [5, 5.41) is 4.07. The SMILES string of the molecule is CCN(CC)C(=O)C1CCCN1C(=O)NCc1cc2ccccc2[nH]1. The summed E-state index contributed by atoms with van der Waals surface area (Å²) in [7, 11) is 0. The monoisotopic (exact) mass is 342 g/mol. The number of H-pyrrole nitrogens is 1. The molecule has 0 saturated carbocycles. The minimum atomic E-state index is -0.331. The number of amides is 3. The second-order valence-corrected chi connectivity index (χ2v) is 6.40. The van der Waals surface area contributed by atoms with Crippen molar-refractivity contribution in [1.29, 1.82) is 0 Å². The zero-order valence-electron chi connectivity index (χ0n) is 14.9. The Hall–Kier alpha value is -2.50. The predicted molar refractivity (Wildman–Crippen MR) is 98.2 cm³/mol. The van der Waals surface area contributed by atoms with Gasteiger partial charge >= 0.3 is 6.03 Å². The number of aromatic nitrogens is 1. The normalized spacial score (nSPS) is 17.0. The van der Waals surface area contributed by atoms with E-state index in [-0.39, 0.29) is 18.0 Å². The maximum atomic E-state index is 12.6. The Morgan fingerprint density at radius 3 is 2.76 bits per heavy atom. The first-order chi connectivity index (χ1) is 12.1. The van der Waals surface area contributed by atoms with Gasteiger partial charge in [-0.1, -0.05) is 18.2 Å². The number of aromatic amines is 1. The van der Waals surface area contributed by atoms with Crippen LogP contribution in [0.1, 0.15) is 32.4 Å². The Morgan fingerprint density at radius 1 is 1.28 bits per heavy atom. The van der Waals surface area contributed by atoms with E-state index < -0.39 is 0 Å². The van der Waals surface area contributed by atoms with E-state index >= 15 is 0 Å². The molecule has 2 heterocycles. The van der Waals surface area contributed by atoms with Crippen molar-refractivity contribution >= 4 is 22.8 Å². The Labute approximate surface area is 148 Å². The molecule has 2 aromatic rings. The molecule has 3 rings (SSSR count). The lowest BCUT2D eigenvalue weighted by atomic mass is 10.2. The summed E-state index contributed by atoms with van der Waals surface area (Å²) in [4.78, 5) is 32.0. The van der Waals surface area contributed by atoms with E-state index in [0.29, 0.717) is 26.2 Å². The van der Waals surface area contributed by atoms with E-state index in [2.05, 4.69) is 10.3 Å². The van der Waals surface area contributed by atoms with Crippen LogP contribution in [0.25, 0.3) is 10.9 Å². The van der Waals surface area contributed by atoms with Crippen molar-refractivity contribution in [3.63, 3.8) is 0 Å². The topological polar surface area (TPSA) is 68.4 Å². The lowest BCUT2D eigenvalue weighted by Crippen LogP contribution is -2.50. The summed E-state index contributed by atoms with van der Waals surface area (Å²) < 4.78 is 0. The molecule has 1 atom stereocenters. The summed E-state index contributed by atoms with van der Waals surface area (Å²) in [5.41, 5.74) is 2.02. The van der Waals surface area contributed by atoms with Gasteiger partial charge in [0.25, 0.3) is 0 Å². The fourth-order valence-corrected chi connectivity index (χ4v) is 3.51. The van der Waals surface area contributed by atoms with Crippen molar-refractivity contribution in [3.05, 3.63) is 36.0 Å². The van der Waals surface area contributed by atoms with Gasteiger partial charge in [0.05, 0.1) is 6.54 Å². The summed E-state index contributed by atoms with van der Waals surface area (Å²) in [6, 6.07) is 9.57. The second kappa shape index (κ2) is 7.59. The third kappa shape index (κ3) is 3.62. The molecule has 0 bridgehead atoms. The molecule has 1 unspecified atom stereocenters. The minimum absolute atomic E-state index is 0.0586. The Kier molecular flexibility index (Phi) is 5.26. The number of fused-ring (bicyclic) bond motifs is 1. The number of likely N-dealkylation sites (N-methyl/N-ethyl adjacent to an activating group) is 1. The highest BCUT2D eigenvalue weighted by atomic mass is 16.2. The molecule has 1 saturated heterocycles. The second-order valence-electron chi connectivity index (χ2n) is 6.40. The van der Waals surface area contributed by atoms with Crippen LogP contribution < -0.4 is 5.32 Å². The van der Waals surface area contributed by atoms with Crippen molar-refractivity contribution in [3.8, 4) is 0 Å². The molecule has 134 valence electrons. The predicted octanol–water partition coefficient (Wildman–Crippen LogP) is 2.71. The van der Waals surface area contributed by atoms with Gasteiger partial charge < -0.3 is 20.1 Å². The van der Waals surface area contributed by atoms with Crippen LogP contribution >= 0.6 is 0 Å². The molecular weight excluding hydrogens is 316 g/mol. The molecule has 0 spiro atoms. The van der Waals surface area contributed by atoms with Crippen LogP contribution in [0.2, 0.25) is 0 Å². The molecule has 1 aliphatic rings. The molecule has 1 aromatic heterocycles. The van der Waals surface area contributed by atoms with Gasteiger partial charge in [0.15, 0.2) is 0 Å². The first-order valence-corrected chi connectivity index (χ1v) is 9.04. The number of benzene rings is 1. The van der Waals surface area contributed by atoms with Gasteiger partial charge in [0.1, 0.15) is 6.04 Å². The first kappa shape index (κ1) is 17.3. The van der Waals surface area contributed by atoms with Crippen LogP contribution in [-0.2, 0) is 11.3 Å². The molecule has 6 nitrogen and oxygen atoms in total. The summed E-state index contributed by atoms with van der Waals surface area (Å²) in [6.45, 7) is 6.35. The molecular formula is C19H26N4O2. The largest absolute Gasteiger partial charge is 0.357 e. The minimum Gasteiger partial charge on any atom is -0.357 e. The van der Waals surface area contributed by atoms with Crippen molar-refractivity contribution in [1.82, 2.24) is 20.1 Å². The van der Waals surface area contributed by atoms with Crippen molar-refractivity contribution in [2.45, 2.75) is 39.3 Å². The standard InChI is InChI=1S/C19H26N4O2/c1-3-22(4-2)18(24)17-10-7-11-23(17)19(25)20-13-15-12-14-8-5-6-9-16(14)21-15/h5-6,8-9,12,17,21H,3-4,7,10-11,13H2,1-2H3,(H,20,25). The van der Waals surface area contributed by atoms with Crippen molar-refractivity contribution in [2.24, 2.45) is 0 Å². The summed E-state index contributed by atoms with van der Waals surface area (Å²) in [6.07, 6.45) is 1.62. The van der Waals surface area contributed by atoms with Crippen LogP contribution in [-0.4, -0.2) is 52.4 Å². The molecule has 6 heteroatoms. The molecule has 1 aliphatic heterocycles. The third-order valence-corrected chi connectivity index (χ3v) is 4.89. The molecule has 3 amide bonds. The van der Waals surface area contributed by atoms with Crippen LogP contribution in [0.3, 0.4) is 0 Å². The molecule has 25 heavy (non-hydrogen) atoms. The molecule has 1 fully saturated rings. The van der Waals surface area contributed by atoms with Gasteiger partial charge in [0.2, 0.25) is 5.91 Å². The number of hydrogen-bond acceptors (Lipinski definition) is 2. The van der Waals surface area contributed by atoms with E-state index in [1.807, 2.05) is 44.2 Å². The lowest BCUT2D eigenvalue weighted by molar-refractivity contribution is -0.134. The number of hydrogen-bond donors (Lipinski definition) is 2. The maximum Gasteiger partial charge on any atom is 0.318 e. The van der Waals surface area contributed by atoms with E-state index in [1.54, 1.807) is 9.80 Å². The third-order valence-electron chi connectivity index (χ3n) is 4.89. The van der Waals surface area contributed by atoms with Gasteiger partial charge in [-0.2, -0.15) is 0 Å². The van der Waals surface area contributed by atoms with Crippen molar-refractivity contribution < 1.29 is 9.59 Å². The highest BCUT2D eigenvalue weighted by molar-refractivity contribution is 5.87. The average molecular weight is 342 g/mol. The Bertz CT molecular complexity index is 718. The smallest absolute Gasteiger partial charge is 0.318 e. The molecule has 0 radical (unpaired) electrons. The zero-order valence-corrected chi connectivity index (χ0v) is 14.9. The highest BCUT2D eigenvalue weighted by Gasteiger charge is 2.35. The first-order valence-electron chi connectivity index (χ1n) is 9.04. The van der Waals surface area contributed by atoms with E-state index in [9.17, 15) is 9.59 Å². The number of carbonyl (C=O) groups is 2. The number of para-hydroxylation sites is 1. The van der Waals surface area contributed by atoms with E-state index in [0.717, 1.165) is 29.4 Å². The van der Waals surface area contributed by atoms with Gasteiger partial charge in [-0.25, -0.2) is 4.79 Å². The number of nitrogens with one attached hydrogen (secondary N) is 2. The van der Waals surface area contributed by atoms with Crippen LogP contribution in [0.5, 0.6) is 0 Å². The summed E-state index contributed by atoms with van der Waals surface area (Å²) in [5.74, 6) is 0.0586. The van der Waals surface area contributed by atoms with Crippen LogP contribution in [0.15, 0.2) is 30.3 Å². The van der Waals surface area contributed by atoms with Gasteiger partial charge in [-0.15, -0.1) is 0 Å². The van der Waals surface area contributed by atoms with Crippen LogP contribution in [0.4, 0.5) is 4.79 Å². The van der Waals surface area contributed by atoms with Gasteiger partial charge in [-0.3, -0.25) is 4.79 Å². The van der Waals surface area contributed by atoms with Gasteiger partial charge in [0, 0.05) is 30.8 Å². The number of nitrogens with zero attached hydrogens (tertiary/aromatic N) is 2. The lowest BCUT2D eigenvalue weighted by Gasteiger charge is -2.29. The molecule has 0 aliphatic carbocycles. The number of urea groups is 1. The summed E-state index contributed by atoms with van der Waals surface area (Å²) >= 11 is 0. The van der Waals surface area contributed by atoms with E-state index in [4.69, 9.17) is 0 Å². The quantitative estimate of drug-likeness (QED) is 0.877. The Morgan fingerprint density at radius 2 is 2.04 bits per heavy atom. The number of rotatable bonds is 5. The number of carbonyl (C=O) groups excluding carboxylic acids is 2. The number of likely N-dealkylation sites (tertiary alicyclic amines) is 1. The average Bonchev–Trinajstić information content (AvgIpc) is 3.27. The fourth-order valence-electron chi connectivity index (χ4n) is 3.51. The zero-order chi connectivity index (χ0) is 17.8. The molecule has 1 aromatic carbocycles. The van der Waals surface area contributed by atoms with Crippen molar-refractivity contribution in [2.75, 3.05) is 19.6 Å². The van der Waals surface area contributed by atoms with Crippen LogP contribution in [0, 0.1) is 0 Å². The van der Waals surface area contributed by atoms with Gasteiger partial charge in [-0.05, 0) is 44.2 Å². The molecule has 2 N–H and O–H groups in total. The van der Waals surface area contributed by atoms with E-state index in [1.165, 1.54) is 0 Å². The fraction of sp³-hybridized carbons (Fsp3) is 0.474.